The third-order valence-electron chi connectivity index (χ3n) is 3.06. The van der Waals surface area contributed by atoms with Gasteiger partial charge in [-0.15, -0.1) is 0 Å². The lowest BCUT2D eigenvalue weighted by molar-refractivity contribution is -0.121. The van der Waals surface area contributed by atoms with Gasteiger partial charge in [-0.3, -0.25) is 9.69 Å². The molecule has 0 aromatic rings. The second-order valence-electron chi connectivity index (χ2n) is 4.29. The Hall–Kier alpha value is -0.610. The Bertz CT molecular complexity index is 204. The summed E-state index contributed by atoms with van der Waals surface area (Å²) in [6, 6.07) is 0. The van der Waals surface area contributed by atoms with Gasteiger partial charge in [-0.25, -0.2) is 0 Å². The van der Waals surface area contributed by atoms with Gasteiger partial charge in [0.25, 0.3) is 0 Å². The average molecular weight is 197 g/mol. The summed E-state index contributed by atoms with van der Waals surface area (Å²) in [5.41, 5.74) is 0. The zero-order valence-electron chi connectivity index (χ0n) is 8.59. The van der Waals surface area contributed by atoms with Crippen molar-refractivity contribution in [2.24, 2.45) is 5.92 Å². The van der Waals surface area contributed by atoms with Crippen LogP contribution in [0.2, 0.25) is 0 Å². The number of carbonyl (C=O) groups is 1. The van der Waals surface area contributed by atoms with Crippen molar-refractivity contribution in [2.45, 2.75) is 12.8 Å². The molecule has 2 heterocycles. The highest BCUT2D eigenvalue weighted by molar-refractivity contribution is 5.78. The molecular formula is C10H19N3O. The summed E-state index contributed by atoms with van der Waals surface area (Å²) in [5, 5.41) is 6.17. The van der Waals surface area contributed by atoms with Crippen molar-refractivity contribution in [2.75, 3.05) is 39.3 Å². The lowest BCUT2D eigenvalue weighted by Crippen LogP contribution is -2.44. The highest BCUT2D eigenvalue weighted by Crippen LogP contribution is 2.09. The van der Waals surface area contributed by atoms with E-state index in [1.165, 1.54) is 19.5 Å². The maximum Gasteiger partial charge on any atom is 0.234 e. The summed E-state index contributed by atoms with van der Waals surface area (Å²) in [7, 11) is 0. The number of nitrogens with one attached hydrogen (secondary N) is 2. The quantitative estimate of drug-likeness (QED) is 0.636. The van der Waals surface area contributed by atoms with Crippen molar-refractivity contribution in [1.29, 1.82) is 0 Å². The summed E-state index contributed by atoms with van der Waals surface area (Å²) in [5.74, 6) is 1.04. The van der Waals surface area contributed by atoms with Crippen LogP contribution in [0.15, 0.2) is 0 Å². The van der Waals surface area contributed by atoms with E-state index in [0.717, 1.165) is 32.0 Å². The van der Waals surface area contributed by atoms with Crippen LogP contribution in [-0.2, 0) is 4.79 Å². The Kier molecular flexibility index (Phi) is 3.37. The topological polar surface area (TPSA) is 44.4 Å². The lowest BCUT2D eigenvalue weighted by Gasteiger charge is -2.29. The molecule has 80 valence electrons. The van der Waals surface area contributed by atoms with E-state index in [1.54, 1.807) is 0 Å². The highest BCUT2D eigenvalue weighted by Gasteiger charge is 2.19. The largest absolute Gasteiger partial charge is 0.355 e. The first-order valence-corrected chi connectivity index (χ1v) is 5.54. The van der Waals surface area contributed by atoms with Gasteiger partial charge < -0.3 is 10.6 Å². The number of carbonyl (C=O) groups excluding carboxylic acids is 1. The molecule has 0 saturated carbocycles. The van der Waals surface area contributed by atoms with Crippen molar-refractivity contribution in [3.63, 3.8) is 0 Å². The van der Waals surface area contributed by atoms with Crippen LogP contribution in [0, 0.1) is 5.92 Å². The van der Waals surface area contributed by atoms with E-state index < -0.39 is 0 Å². The van der Waals surface area contributed by atoms with Crippen LogP contribution in [0.1, 0.15) is 12.8 Å². The predicted molar refractivity (Wildman–Crippen MR) is 55.0 cm³/mol. The molecule has 2 saturated heterocycles. The molecule has 1 amide bonds. The van der Waals surface area contributed by atoms with Crippen molar-refractivity contribution in [3.8, 4) is 0 Å². The molecule has 2 aliphatic rings. The summed E-state index contributed by atoms with van der Waals surface area (Å²) in [4.78, 5) is 13.5. The number of amides is 1. The Morgan fingerprint density at radius 2 is 2.29 bits per heavy atom. The third kappa shape index (κ3) is 2.69. The molecule has 0 unspecified atom stereocenters. The van der Waals surface area contributed by atoms with Crippen LogP contribution in [0.4, 0.5) is 0 Å². The van der Waals surface area contributed by atoms with Crippen LogP contribution >= 0.6 is 0 Å². The second kappa shape index (κ2) is 4.75. The maximum atomic E-state index is 11.3. The first kappa shape index (κ1) is 9.93. The molecule has 0 spiro atoms. The molecule has 4 nitrogen and oxygen atoms in total. The molecular weight excluding hydrogens is 178 g/mol. The molecule has 0 atom stereocenters. The van der Waals surface area contributed by atoms with Gasteiger partial charge in [0.1, 0.15) is 0 Å². The molecule has 4 heteroatoms. The van der Waals surface area contributed by atoms with Gasteiger partial charge in [-0.05, 0) is 38.4 Å². The number of hydrogen-bond acceptors (Lipinski definition) is 3. The van der Waals surface area contributed by atoms with E-state index in [9.17, 15) is 4.79 Å². The van der Waals surface area contributed by atoms with Gasteiger partial charge in [0.2, 0.25) is 5.91 Å². The second-order valence-corrected chi connectivity index (χ2v) is 4.29. The Morgan fingerprint density at radius 3 is 3.00 bits per heavy atom. The summed E-state index contributed by atoms with van der Waals surface area (Å²) < 4.78 is 0. The van der Waals surface area contributed by atoms with Gasteiger partial charge >= 0.3 is 0 Å². The Labute approximate surface area is 85.0 Å². The van der Waals surface area contributed by atoms with E-state index in [2.05, 4.69) is 15.5 Å². The fraction of sp³-hybridized carbons (Fsp3) is 0.900. The van der Waals surface area contributed by atoms with Crippen LogP contribution in [0.25, 0.3) is 0 Å². The zero-order valence-corrected chi connectivity index (χ0v) is 8.59. The van der Waals surface area contributed by atoms with Crippen molar-refractivity contribution in [3.05, 3.63) is 0 Å². The molecule has 2 aliphatic heterocycles. The molecule has 0 radical (unpaired) electrons. The Balaban J connectivity index is 1.69. The molecule has 2 rings (SSSR count). The van der Waals surface area contributed by atoms with E-state index in [4.69, 9.17) is 0 Å². The molecule has 0 bridgehead atoms. The SMILES string of the molecule is O=C1CN(CCC2CNC2)CCCN1. The van der Waals surface area contributed by atoms with Gasteiger partial charge in [-0.2, -0.15) is 0 Å². The lowest BCUT2D eigenvalue weighted by atomic mass is 9.99. The van der Waals surface area contributed by atoms with Crippen LogP contribution in [0.5, 0.6) is 0 Å². The standard InChI is InChI=1S/C10H19N3O/c14-10-8-13(4-1-3-12-10)5-2-9-6-11-7-9/h9,11H,1-8H2,(H,12,14). The smallest absolute Gasteiger partial charge is 0.234 e. The van der Waals surface area contributed by atoms with Gasteiger partial charge in [-0.1, -0.05) is 0 Å². The number of hydrogen-bond donors (Lipinski definition) is 2. The molecule has 0 aliphatic carbocycles. The third-order valence-corrected chi connectivity index (χ3v) is 3.06. The normalized spacial score (nSPS) is 25.3. The van der Waals surface area contributed by atoms with Crippen LogP contribution in [-0.4, -0.2) is 50.1 Å². The number of rotatable bonds is 3. The van der Waals surface area contributed by atoms with E-state index in [0.29, 0.717) is 6.54 Å². The van der Waals surface area contributed by atoms with Crippen molar-refractivity contribution in [1.82, 2.24) is 15.5 Å². The van der Waals surface area contributed by atoms with Crippen LogP contribution < -0.4 is 10.6 Å². The predicted octanol–water partition coefficient (Wildman–Crippen LogP) is -0.582. The highest BCUT2D eigenvalue weighted by atomic mass is 16.2. The Morgan fingerprint density at radius 1 is 1.43 bits per heavy atom. The number of nitrogens with zero attached hydrogens (tertiary/aromatic N) is 1. The summed E-state index contributed by atoms with van der Waals surface area (Å²) in [6.45, 7) is 5.93. The first-order valence-electron chi connectivity index (χ1n) is 5.54. The molecule has 2 fully saturated rings. The molecule has 0 aromatic heterocycles. The first-order chi connectivity index (χ1) is 6.84. The zero-order chi connectivity index (χ0) is 9.80. The minimum Gasteiger partial charge on any atom is -0.355 e. The minimum atomic E-state index is 0.189. The average Bonchev–Trinajstić information content (AvgIpc) is 2.27. The maximum absolute atomic E-state index is 11.3. The summed E-state index contributed by atoms with van der Waals surface area (Å²) in [6.07, 6.45) is 2.33. The van der Waals surface area contributed by atoms with E-state index >= 15 is 0 Å². The minimum absolute atomic E-state index is 0.189. The molecule has 14 heavy (non-hydrogen) atoms. The summed E-state index contributed by atoms with van der Waals surface area (Å²) >= 11 is 0. The fourth-order valence-electron chi connectivity index (χ4n) is 1.98. The van der Waals surface area contributed by atoms with Crippen LogP contribution in [0.3, 0.4) is 0 Å². The molecule has 2 N–H and O–H groups in total. The molecule has 0 aromatic carbocycles. The van der Waals surface area contributed by atoms with E-state index in [-0.39, 0.29) is 5.91 Å². The van der Waals surface area contributed by atoms with Gasteiger partial charge in [0.05, 0.1) is 6.54 Å². The monoisotopic (exact) mass is 197 g/mol. The fourth-order valence-corrected chi connectivity index (χ4v) is 1.98. The van der Waals surface area contributed by atoms with Crippen molar-refractivity contribution < 1.29 is 4.79 Å². The van der Waals surface area contributed by atoms with Crippen molar-refractivity contribution >= 4 is 5.91 Å². The van der Waals surface area contributed by atoms with Gasteiger partial charge in [0.15, 0.2) is 0 Å². The van der Waals surface area contributed by atoms with E-state index in [1.807, 2.05) is 0 Å². The van der Waals surface area contributed by atoms with Gasteiger partial charge in [0, 0.05) is 13.1 Å².